The van der Waals surface area contributed by atoms with Crippen LogP contribution in [0.1, 0.15) is 44.1 Å². The monoisotopic (exact) mass is 493 g/mol. The molecule has 0 saturated heterocycles. The highest BCUT2D eigenvalue weighted by Crippen LogP contribution is 2.60. The van der Waals surface area contributed by atoms with Crippen LogP contribution in [0.15, 0.2) is 72.8 Å². The Hall–Kier alpha value is -4.35. The van der Waals surface area contributed by atoms with Crippen LogP contribution in [0.3, 0.4) is 0 Å². The van der Waals surface area contributed by atoms with Gasteiger partial charge >= 0.3 is 0 Å². The molecule has 3 aromatic carbocycles. The minimum atomic E-state index is 0.359. The average Bonchev–Trinajstić information content (AvgIpc) is 2.96. The molecule has 4 aromatic rings. The topological polar surface area (TPSA) is 47.4 Å². The molecule has 4 saturated carbocycles. The van der Waals surface area contributed by atoms with Crippen molar-refractivity contribution >= 4 is 11.4 Å². The molecule has 38 heavy (non-hydrogen) atoms. The second-order valence-electron chi connectivity index (χ2n) is 11.4. The molecule has 0 spiro atoms. The van der Waals surface area contributed by atoms with Crippen LogP contribution in [-0.2, 0) is 5.41 Å². The van der Waals surface area contributed by atoms with E-state index in [4.69, 9.17) is 28.1 Å². The molecule has 184 valence electrons. The van der Waals surface area contributed by atoms with Crippen molar-refractivity contribution in [3.8, 4) is 34.2 Å². The van der Waals surface area contributed by atoms with Crippen molar-refractivity contribution in [2.24, 2.45) is 17.8 Å². The molecule has 4 bridgehead atoms. The maximum absolute atomic E-state index is 7.25. The molecule has 0 atom stereocenters. The van der Waals surface area contributed by atoms with Crippen molar-refractivity contribution in [1.29, 1.82) is 0 Å². The van der Waals surface area contributed by atoms with E-state index in [1.54, 1.807) is 24.3 Å². The Morgan fingerprint density at radius 3 is 1.21 bits per heavy atom. The Morgan fingerprint density at radius 2 is 0.868 bits per heavy atom. The summed E-state index contributed by atoms with van der Waals surface area (Å²) in [5.41, 5.74) is 5.66. The molecule has 1 aromatic heterocycles. The van der Waals surface area contributed by atoms with Gasteiger partial charge in [-0.25, -0.2) is 24.6 Å². The van der Waals surface area contributed by atoms with E-state index in [0.29, 0.717) is 34.3 Å². The molecule has 0 N–H and O–H groups in total. The third-order valence-corrected chi connectivity index (χ3v) is 8.94. The maximum atomic E-state index is 7.25. The van der Waals surface area contributed by atoms with Crippen LogP contribution in [0.25, 0.3) is 43.9 Å². The lowest BCUT2D eigenvalue weighted by molar-refractivity contribution is -0.00518. The van der Waals surface area contributed by atoms with Crippen LogP contribution in [0, 0.1) is 30.9 Å². The zero-order valence-corrected chi connectivity index (χ0v) is 21.1. The molecular formula is C33H27N5. The molecule has 0 aliphatic heterocycles. The molecule has 8 rings (SSSR count). The molecule has 0 radical (unpaired) electrons. The first-order valence-electron chi connectivity index (χ1n) is 13.4. The SMILES string of the molecule is [C-]#[N+]c1ccc(-c2nc(-c3ccc([N+]#[C-])cc3)nc(-c3ccc(C45CC6CC(CC(C6)C4)C5)cc3)n2)cc1. The highest BCUT2D eigenvalue weighted by atomic mass is 15.0. The van der Waals surface area contributed by atoms with Crippen molar-refractivity contribution < 1.29 is 0 Å². The third-order valence-electron chi connectivity index (χ3n) is 8.94. The number of benzene rings is 3. The molecule has 4 aliphatic rings. The fraction of sp³-hybridized carbons (Fsp3) is 0.303. The summed E-state index contributed by atoms with van der Waals surface area (Å²) >= 11 is 0. The number of hydrogen-bond donors (Lipinski definition) is 0. The first-order chi connectivity index (χ1) is 18.6. The summed E-state index contributed by atoms with van der Waals surface area (Å²) in [5.74, 6) is 4.52. The third kappa shape index (κ3) is 3.96. The Kier molecular flexibility index (Phi) is 5.34. The second-order valence-corrected chi connectivity index (χ2v) is 11.4. The van der Waals surface area contributed by atoms with E-state index in [9.17, 15) is 0 Å². The Balaban J connectivity index is 1.28. The van der Waals surface area contributed by atoms with E-state index in [2.05, 4.69) is 34.0 Å². The normalized spacial score (nSPS) is 25.1. The molecule has 0 unspecified atom stereocenters. The van der Waals surface area contributed by atoms with Crippen LogP contribution < -0.4 is 0 Å². The number of nitrogens with zero attached hydrogens (tertiary/aromatic N) is 5. The summed E-state index contributed by atoms with van der Waals surface area (Å²) in [6.45, 7) is 14.5. The minimum absolute atomic E-state index is 0.359. The van der Waals surface area contributed by atoms with Crippen molar-refractivity contribution in [2.75, 3.05) is 0 Å². The van der Waals surface area contributed by atoms with Crippen molar-refractivity contribution in [3.63, 3.8) is 0 Å². The predicted molar refractivity (Wildman–Crippen MR) is 149 cm³/mol. The van der Waals surface area contributed by atoms with Gasteiger partial charge in [-0.2, -0.15) is 0 Å². The Bertz CT molecular complexity index is 1480. The first-order valence-corrected chi connectivity index (χ1v) is 13.4. The van der Waals surface area contributed by atoms with Gasteiger partial charge in [0.05, 0.1) is 13.1 Å². The Labute approximate surface area is 223 Å². The number of aromatic nitrogens is 3. The van der Waals surface area contributed by atoms with E-state index >= 15 is 0 Å². The quantitative estimate of drug-likeness (QED) is 0.268. The summed E-state index contributed by atoms with van der Waals surface area (Å²) in [4.78, 5) is 21.5. The van der Waals surface area contributed by atoms with Gasteiger partial charge in [-0.15, -0.1) is 0 Å². The van der Waals surface area contributed by atoms with Crippen molar-refractivity contribution in [2.45, 2.75) is 43.9 Å². The van der Waals surface area contributed by atoms with E-state index in [-0.39, 0.29) is 0 Å². The van der Waals surface area contributed by atoms with Gasteiger partial charge in [0.1, 0.15) is 0 Å². The molecule has 5 nitrogen and oxygen atoms in total. The lowest BCUT2D eigenvalue weighted by Gasteiger charge is -2.57. The van der Waals surface area contributed by atoms with Crippen LogP contribution in [0.4, 0.5) is 11.4 Å². The van der Waals surface area contributed by atoms with Gasteiger partial charge in [0.2, 0.25) is 0 Å². The Morgan fingerprint density at radius 1 is 0.526 bits per heavy atom. The lowest BCUT2D eigenvalue weighted by Crippen LogP contribution is -2.48. The van der Waals surface area contributed by atoms with Gasteiger partial charge in [0.15, 0.2) is 28.8 Å². The van der Waals surface area contributed by atoms with E-state index in [1.807, 2.05) is 24.3 Å². The number of hydrogen-bond acceptors (Lipinski definition) is 3. The molecular weight excluding hydrogens is 466 g/mol. The average molecular weight is 494 g/mol. The number of rotatable bonds is 4. The van der Waals surface area contributed by atoms with E-state index < -0.39 is 0 Å². The lowest BCUT2D eigenvalue weighted by atomic mass is 9.48. The standard InChI is InChI=1S/C33H27N5/c1-34-28-11-5-25(6-12-28)31-36-30(37-32(38-31)26-7-13-29(35-2)14-8-26)24-3-9-27(10-4-24)33-18-21-15-22(19-33)17-23(16-21)20-33/h3-14,21-23H,15-20H2. The maximum Gasteiger partial charge on any atom is 0.187 e. The van der Waals surface area contributed by atoms with E-state index in [1.165, 1.54) is 44.1 Å². The van der Waals surface area contributed by atoms with E-state index in [0.717, 1.165) is 34.4 Å². The predicted octanol–water partition coefficient (Wildman–Crippen LogP) is 8.44. The summed E-state index contributed by atoms with van der Waals surface area (Å²) in [6.07, 6.45) is 8.38. The zero-order chi connectivity index (χ0) is 25.7. The summed E-state index contributed by atoms with van der Waals surface area (Å²) < 4.78 is 0. The molecule has 5 heteroatoms. The summed E-state index contributed by atoms with van der Waals surface area (Å²) in [7, 11) is 0. The molecule has 4 aliphatic carbocycles. The van der Waals surface area contributed by atoms with Gasteiger partial charge in [-0.3, -0.25) is 0 Å². The fourth-order valence-corrected chi connectivity index (χ4v) is 7.57. The van der Waals surface area contributed by atoms with Crippen molar-refractivity contribution in [3.05, 3.63) is 101 Å². The van der Waals surface area contributed by atoms with Gasteiger partial charge in [0, 0.05) is 16.7 Å². The summed E-state index contributed by atoms with van der Waals surface area (Å²) in [5, 5.41) is 0. The van der Waals surface area contributed by atoms with Crippen LogP contribution >= 0.6 is 0 Å². The molecule has 4 fully saturated rings. The second kappa shape index (κ2) is 8.89. The van der Waals surface area contributed by atoms with Gasteiger partial charge in [-0.1, -0.05) is 72.8 Å². The van der Waals surface area contributed by atoms with Crippen LogP contribution in [-0.4, -0.2) is 15.0 Å². The highest BCUT2D eigenvalue weighted by molar-refractivity contribution is 5.68. The first kappa shape index (κ1) is 22.8. The van der Waals surface area contributed by atoms with Crippen molar-refractivity contribution in [1.82, 2.24) is 15.0 Å². The smallest absolute Gasteiger partial charge is 0.187 e. The van der Waals surface area contributed by atoms with Crippen LogP contribution in [0.2, 0.25) is 0 Å². The summed E-state index contributed by atoms with van der Waals surface area (Å²) in [6, 6.07) is 23.7. The van der Waals surface area contributed by atoms with Gasteiger partial charge < -0.3 is 0 Å². The fourth-order valence-electron chi connectivity index (χ4n) is 7.57. The molecule has 1 heterocycles. The van der Waals surface area contributed by atoms with Gasteiger partial charge in [0.25, 0.3) is 0 Å². The zero-order valence-electron chi connectivity index (χ0n) is 21.1. The minimum Gasteiger partial charge on any atom is -0.238 e. The van der Waals surface area contributed by atoms with Crippen LogP contribution in [0.5, 0.6) is 0 Å². The van der Waals surface area contributed by atoms with Gasteiger partial charge in [-0.05, 0) is 67.3 Å². The largest absolute Gasteiger partial charge is 0.238 e. The molecule has 0 amide bonds. The highest BCUT2D eigenvalue weighted by Gasteiger charge is 2.51.